The average molecular weight is 417 g/mol. The van der Waals surface area contributed by atoms with Crippen molar-refractivity contribution in [3.05, 3.63) is 58.7 Å². The fourth-order valence-corrected chi connectivity index (χ4v) is 4.80. The topological polar surface area (TPSA) is 66.5 Å². The van der Waals surface area contributed by atoms with Crippen LogP contribution in [0.2, 0.25) is 0 Å². The Bertz CT molecular complexity index is 997. The van der Waals surface area contributed by atoms with E-state index >= 15 is 0 Å². The van der Waals surface area contributed by atoms with Crippen molar-refractivity contribution in [1.29, 1.82) is 0 Å². The second kappa shape index (κ2) is 8.99. The number of nitrogens with zero attached hydrogens (tertiary/aromatic N) is 1. The number of sulfonamides is 1. The Kier molecular flexibility index (Phi) is 7.11. The summed E-state index contributed by atoms with van der Waals surface area (Å²) in [6.07, 6.45) is 1.51. The van der Waals surface area contributed by atoms with E-state index in [1.54, 1.807) is 0 Å². The molecule has 2 aromatic rings. The second-order valence-corrected chi connectivity index (χ2v) is 9.82. The number of nitrogens with one attached hydrogen (secondary N) is 1. The van der Waals surface area contributed by atoms with Gasteiger partial charge in [0.05, 0.1) is 11.9 Å². The highest BCUT2D eigenvalue weighted by molar-refractivity contribution is 7.92. The van der Waals surface area contributed by atoms with Crippen LogP contribution in [0.25, 0.3) is 0 Å². The van der Waals surface area contributed by atoms with Crippen molar-refractivity contribution in [2.75, 3.05) is 15.9 Å². The maximum Gasteiger partial charge on any atom is 0.248 e. The Labute approximate surface area is 175 Å². The smallest absolute Gasteiger partial charge is 0.248 e. The summed E-state index contributed by atoms with van der Waals surface area (Å²) in [6, 6.07) is 10.7. The van der Waals surface area contributed by atoms with Crippen LogP contribution in [-0.4, -0.2) is 26.6 Å². The van der Waals surface area contributed by atoms with Gasteiger partial charge in [0.1, 0.15) is 6.04 Å². The van der Waals surface area contributed by atoms with E-state index in [0.29, 0.717) is 12.1 Å². The van der Waals surface area contributed by atoms with Crippen LogP contribution in [0.5, 0.6) is 0 Å². The molecule has 0 aliphatic rings. The number of carbonyl (C=O) groups excluding carboxylic acids is 1. The van der Waals surface area contributed by atoms with Crippen molar-refractivity contribution < 1.29 is 13.2 Å². The Hall–Kier alpha value is -2.34. The summed E-state index contributed by atoms with van der Waals surface area (Å²) in [5, 5.41) is 3.02. The zero-order valence-corrected chi connectivity index (χ0v) is 19.2. The first-order valence-electron chi connectivity index (χ1n) is 9.94. The largest absolute Gasteiger partial charge is 0.324 e. The predicted octanol–water partition coefficient (Wildman–Crippen LogP) is 4.92. The van der Waals surface area contributed by atoms with E-state index in [2.05, 4.69) is 19.2 Å². The molecule has 5 nitrogen and oxygen atoms in total. The average Bonchev–Trinajstić information content (AvgIpc) is 2.62. The molecule has 0 unspecified atom stereocenters. The van der Waals surface area contributed by atoms with Gasteiger partial charge in [-0.25, -0.2) is 8.42 Å². The molecule has 0 aromatic heterocycles. The summed E-state index contributed by atoms with van der Waals surface area (Å²) < 4.78 is 26.7. The van der Waals surface area contributed by atoms with Crippen LogP contribution in [0.1, 0.15) is 55.4 Å². The summed E-state index contributed by atoms with van der Waals surface area (Å²) in [5.74, 6) is -0.0923. The van der Waals surface area contributed by atoms with Crippen molar-refractivity contribution in [3.8, 4) is 0 Å². The SMILES string of the molecule is CC[C@H](C(=O)Nc1c(C)cccc1C(C)C)N(c1cc(C)ccc1C)S(C)(=O)=O. The number of carbonyl (C=O) groups is 1. The molecule has 29 heavy (non-hydrogen) atoms. The molecule has 0 aliphatic carbocycles. The van der Waals surface area contributed by atoms with E-state index in [-0.39, 0.29) is 11.8 Å². The summed E-state index contributed by atoms with van der Waals surface area (Å²) in [7, 11) is -3.67. The molecule has 0 aliphatic heterocycles. The Morgan fingerprint density at radius 3 is 2.28 bits per heavy atom. The zero-order valence-electron chi connectivity index (χ0n) is 18.4. The number of hydrogen-bond donors (Lipinski definition) is 1. The quantitative estimate of drug-likeness (QED) is 0.697. The molecular weight excluding hydrogens is 384 g/mol. The zero-order chi connectivity index (χ0) is 21.9. The van der Waals surface area contributed by atoms with E-state index in [1.165, 1.54) is 4.31 Å². The van der Waals surface area contributed by atoms with Gasteiger partial charge < -0.3 is 5.32 Å². The van der Waals surface area contributed by atoms with E-state index in [4.69, 9.17) is 0 Å². The lowest BCUT2D eigenvalue weighted by Gasteiger charge is -2.32. The summed E-state index contributed by atoms with van der Waals surface area (Å²) >= 11 is 0. The van der Waals surface area contributed by atoms with Gasteiger partial charge in [-0.3, -0.25) is 9.10 Å². The van der Waals surface area contributed by atoms with Gasteiger partial charge in [0.15, 0.2) is 0 Å². The first-order chi connectivity index (χ1) is 13.5. The molecule has 0 fully saturated rings. The second-order valence-electron chi connectivity index (χ2n) is 7.96. The molecule has 1 amide bonds. The number of rotatable bonds is 7. The van der Waals surface area contributed by atoms with Crippen LogP contribution in [-0.2, 0) is 14.8 Å². The Balaban J connectivity index is 2.52. The minimum atomic E-state index is -3.67. The van der Waals surface area contributed by atoms with Crippen LogP contribution >= 0.6 is 0 Å². The van der Waals surface area contributed by atoms with E-state index in [9.17, 15) is 13.2 Å². The molecule has 0 saturated carbocycles. The summed E-state index contributed by atoms with van der Waals surface area (Å²) in [5.41, 5.74) is 5.05. The highest BCUT2D eigenvalue weighted by atomic mass is 32.2. The molecule has 0 radical (unpaired) electrons. The molecule has 158 valence electrons. The normalized spacial score (nSPS) is 12.7. The van der Waals surface area contributed by atoms with Gasteiger partial charge in [0, 0.05) is 5.69 Å². The molecule has 0 heterocycles. The number of amides is 1. The van der Waals surface area contributed by atoms with Crippen molar-refractivity contribution in [2.45, 2.75) is 59.9 Å². The molecule has 0 bridgehead atoms. The van der Waals surface area contributed by atoms with Gasteiger partial charge in [0.2, 0.25) is 15.9 Å². The molecule has 2 aromatic carbocycles. The van der Waals surface area contributed by atoms with Crippen molar-refractivity contribution in [3.63, 3.8) is 0 Å². The van der Waals surface area contributed by atoms with Gasteiger partial charge in [-0.15, -0.1) is 0 Å². The highest BCUT2D eigenvalue weighted by Gasteiger charge is 2.33. The van der Waals surface area contributed by atoms with Gasteiger partial charge in [-0.2, -0.15) is 0 Å². The molecule has 1 atom stereocenters. The molecule has 0 spiro atoms. The molecule has 0 saturated heterocycles. The maximum absolute atomic E-state index is 13.3. The van der Waals surface area contributed by atoms with E-state index < -0.39 is 16.1 Å². The monoisotopic (exact) mass is 416 g/mol. The Morgan fingerprint density at radius 2 is 1.72 bits per heavy atom. The van der Waals surface area contributed by atoms with E-state index in [0.717, 1.165) is 34.2 Å². The third-order valence-corrected chi connectivity index (χ3v) is 6.27. The number of benzene rings is 2. The Morgan fingerprint density at radius 1 is 1.07 bits per heavy atom. The van der Waals surface area contributed by atoms with Crippen LogP contribution in [0.4, 0.5) is 11.4 Å². The van der Waals surface area contributed by atoms with Gasteiger partial charge in [-0.1, -0.05) is 51.1 Å². The number of hydrogen-bond acceptors (Lipinski definition) is 3. The fraction of sp³-hybridized carbons (Fsp3) is 0.435. The van der Waals surface area contributed by atoms with Crippen LogP contribution < -0.4 is 9.62 Å². The van der Waals surface area contributed by atoms with Crippen LogP contribution in [0.15, 0.2) is 36.4 Å². The van der Waals surface area contributed by atoms with Crippen molar-refractivity contribution in [2.24, 2.45) is 0 Å². The lowest BCUT2D eigenvalue weighted by molar-refractivity contribution is -0.117. The van der Waals surface area contributed by atoms with Crippen LogP contribution in [0.3, 0.4) is 0 Å². The lowest BCUT2D eigenvalue weighted by atomic mass is 9.98. The van der Waals surface area contributed by atoms with E-state index in [1.807, 2.05) is 64.1 Å². The summed E-state index contributed by atoms with van der Waals surface area (Å²) in [4.78, 5) is 13.3. The molecular formula is C23H32N2O3S. The number of para-hydroxylation sites is 1. The fourth-order valence-electron chi connectivity index (χ4n) is 3.54. The minimum Gasteiger partial charge on any atom is -0.324 e. The first kappa shape index (κ1) is 22.9. The third-order valence-electron chi connectivity index (χ3n) is 5.11. The lowest BCUT2D eigenvalue weighted by Crippen LogP contribution is -2.47. The predicted molar refractivity (Wildman–Crippen MR) is 121 cm³/mol. The maximum atomic E-state index is 13.3. The highest BCUT2D eigenvalue weighted by Crippen LogP contribution is 2.30. The standard InChI is InChI=1S/C23H32N2O3S/c1-8-20(23(26)24-22-18(6)10-9-11-19(22)15(2)3)25(29(7,27)28)21-14-16(4)12-13-17(21)5/h9-15,20H,8H2,1-7H3,(H,24,26)/t20-/m1/s1. The van der Waals surface area contributed by atoms with Gasteiger partial charge >= 0.3 is 0 Å². The molecule has 2 rings (SSSR count). The summed E-state index contributed by atoms with van der Waals surface area (Å²) in [6.45, 7) is 11.7. The first-order valence-corrected chi connectivity index (χ1v) is 11.8. The number of aryl methyl sites for hydroxylation is 3. The molecule has 6 heteroatoms. The number of anilines is 2. The molecule has 1 N–H and O–H groups in total. The van der Waals surface area contributed by atoms with Gasteiger partial charge in [-0.05, 0) is 61.4 Å². The third kappa shape index (κ3) is 5.18. The van der Waals surface area contributed by atoms with Crippen molar-refractivity contribution in [1.82, 2.24) is 0 Å². The van der Waals surface area contributed by atoms with Crippen LogP contribution in [0, 0.1) is 20.8 Å². The van der Waals surface area contributed by atoms with Crippen molar-refractivity contribution >= 4 is 27.3 Å². The minimum absolute atomic E-state index is 0.232. The van der Waals surface area contributed by atoms with Gasteiger partial charge in [0.25, 0.3) is 0 Å².